The Kier molecular flexibility index (Phi) is 8.91. The van der Waals surface area contributed by atoms with E-state index in [1.165, 1.54) is 0 Å². The molecule has 0 saturated heterocycles. The van der Waals surface area contributed by atoms with Crippen molar-refractivity contribution in [2.75, 3.05) is 6.54 Å². The van der Waals surface area contributed by atoms with E-state index in [0.717, 1.165) is 22.3 Å². The molecule has 0 amide bonds. The van der Waals surface area contributed by atoms with Crippen molar-refractivity contribution < 1.29 is 26.0 Å². The molecule has 0 aliphatic carbocycles. The molecule has 0 bridgehead atoms. The maximum atomic E-state index is 10.0. The maximum absolute atomic E-state index is 10.0. The molecule has 0 heterocycles. The predicted molar refractivity (Wildman–Crippen MR) is 88.1 cm³/mol. The van der Waals surface area contributed by atoms with Crippen LogP contribution < -0.4 is 0 Å². The Hall–Kier alpha value is -0.627. The number of nitrogens with zero attached hydrogens (tertiary/aromatic N) is 1. The van der Waals surface area contributed by atoms with E-state index >= 15 is 0 Å². The molecule has 2 rings (SSSR count). The van der Waals surface area contributed by atoms with Crippen molar-refractivity contribution in [1.29, 1.82) is 0 Å². The fourth-order valence-corrected chi connectivity index (χ4v) is 1.89. The van der Waals surface area contributed by atoms with Crippen LogP contribution >= 0.6 is 17.0 Å². The van der Waals surface area contributed by atoms with Gasteiger partial charge in [-0.05, 0) is 42.7 Å². The summed E-state index contributed by atoms with van der Waals surface area (Å²) in [7, 11) is 9.87. The summed E-state index contributed by atoms with van der Waals surface area (Å²) < 4.78 is 0. The van der Waals surface area contributed by atoms with E-state index in [9.17, 15) is 5.11 Å². The number of halogens is 2. The van der Waals surface area contributed by atoms with E-state index in [0.29, 0.717) is 12.3 Å². The Balaban J connectivity index is 0.000000677. The molecule has 2 aromatic carbocycles. The van der Waals surface area contributed by atoms with Crippen LogP contribution in [0.15, 0.2) is 47.5 Å². The fraction of sp³-hybridized carbons (Fsp3) is 0.188. The third-order valence-corrected chi connectivity index (χ3v) is 2.85. The van der Waals surface area contributed by atoms with Crippen molar-refractivity contribution >= 4 is 23.2 Å². The number of rotatable bonds is 3. The Labute approximate surface area is 144 Å². The SMILES string of the molecule is CCN=Cc1cc(-c2ccccc2)cc(C)c1O.[Cl][Zr][Cl]. The molecule has 21 heavy (non-hydrogen) atoms. The molecule has 0 aromatic heterocycles. The number of aliphatic imine (C=N–C) groups is 1. The molecular weight excluding hydrogens is 384 g/mol. The Morgan fingerprint density at radius 3 is 2.33 bits per heavy atom. The number of phenols is 1. The predicted octanol–water partition coefficient (Wildman–Crippen LogP) is 5.18. The monoisotopic (exact) mass is 399 g/mol. The van der Waals surface area contributed by atoms with E-state index in [2.05, 4.69) is 17.1 Å². The van der Waals surface area contributed by atoms with Gasteiger partial charge in [-0.15, -0.1) is 0 Å². The van der Waals surface area contributed by atoms with Gasteiger partial charge in [-0.1, -0.05) is 30.3 Å². The van der Waals surface area contributed by atoms with Crippen LogP contribution in [0.1, 0.15) is 18.1 Å². The third-order valence-electron chi connectivity index (χ3n) is 2.85. The second-order valence-electron chi connectivity index (χ2n) is 4.30. The molecular formula is C16H17Cl2NOZr. The molecule has 2 aromatic rings. The molecule has 0 aliphatic rings. The summed E-state index contributed by atoms with van der Waals surface area (Å²) >= 11 is -0.826. The zero-order chi connectivity index (χ0) is 15.7. The standard InChI is InChI=1S/C16H17NO.2ClH.Zr/c1-3-17-11-15-10-14(9-12(2)16(15)18)13-7-5-4-6-8-13;;;/h4-11,18H,3H2,1-2H3;2*1H;/q;;;+2/p-2. The summed E-state index contributed by atoms with van der Waals surface area (Å²) in [5.74, 6) is 0.312. The van der Waals surface area contributed by atoms with Crippen LogP contribution in [-0.4, -0.2) is 17.9 Å². The molecule has 0 saturated carbocycles. The zero-order valence-electron chi connectivity index (χ0n) is 12.0. The second kappa shape index (κ2) is 10.2. The molecule has 110 valence electrons. The van der Waals surface area contributed by atoms with Gasteiger partial charge < -0.3 is 5.11 Å². The molecule has 0 aliphatic heterocycles. The van der Waals surface area contributed by atoms with Gasteiger partial charge in [0.15, 0.2) is 0 Å². The van der Waals surface area contributed by atoms with Crippen LogP contribution in [0.4, 0.5) is 0 Å². The van der Waals surface area contributed by atoms with Crippen LogP contribution in [0.3, 0.4) is 0 Å². The average molecular weight is 401 g/mol. The number of hydrogen-bond donors (Lipinski definition) is 1. The number of aromatic hydroxyl groups is 1. The van der Waals surface area contributed by atoms with E-state index in [-0.39, 0.29) is 0 Å². The van der Waals surface area contributed by atoms with Crippen molar-refractivity contribution in [2.45, 2.75) is 13.8 Å². The van der Waals surface area contributed by atoms with E-state index in [1.807, 2.05) is 44.2 Å². The Morgan fingerprint density at radius 1 is 1.14 bits per heavy atom. The first-order chi connectivity index (χ1) is 10.1. The summed E-state index contributed by atoms with van der Waals surface area (Å²) in [6, 6.07) is 14.1. The van der Waals surface area contributed by atoms with E-state index < -0.39 is 20.8 Å². The minimum absolute atomic E-state index is 0.312. The number of aryl methyl sites for hydroxylation is 1. The molecule has 0 spiro atoms. The van der Waals surface area contributed by atoms with Crippen molar-refractivity contribution in [3.8, 4) is 16.9 Å². The summed E-state index contributed by atoms with van der Waals surface area (Å²) in [6.45, 7) is 4.60. The minimum atomic E-state index is -0.826. The molecule has 0 fully saturated rings. The molecule has 1 N–H and O–H groups in total. The van der Waals surface area contributed by atoms with Gasteiger partial charge in [0.05, 0.1) is 0 Å². The van der Waals surface area contributed by atoms with Gasteiger partial charge in [0.2, 0.25) is 0 Å². The van der Waals surface area contributed by atoms with Gasteiger partial charge in [0.1, 0.15) is 5.75 Å². The number of phenolic OH excluding ortho intramolecular Hbond substituents is 1. The molecule has 5 heteroatoms. The van der Waals surface area contributed by atoms with Gasteiger partial charge in [0.25, 0.3) is 0 Å². The first-order valence-electron chi connectivity index (χ1n) is 6.49. The summed E-state index contributed by atoms with van der Waals surface area (Å²) in [5.41, 5.74) is 3.89. The Morgan fingerprint density at radius 2 is 1.76 bits per heavy atom. The van der Waals surface area contributed by atoms with Crippen molar-refractivity contribution in [2.24, 2.45) is 4.99 Å². The molecule has 0 atom stereocenters. The topological polar surface area (TPSA) is 32.6 Å². The van der Waals surface area contributed by atoms with E-state index in [1.54, 1.807) is 6.21 Å². The summed E-state index contributed by atoms with van der Waals surface area (Å²) in [5, 5.41) is 10.0. The van der Waals surface area contributed by atoms with Crippen LogP contribution in [-0.2, 0) is 20.8 Å². The zero-order valence-corrected chi connectivity index (χ0v) is 15.9. The van der Waals surface area contributed by atoms with Crippen LogP contribution in [0.2, 0.25) is 0 Å². The van der Waals surface area contributed by atoms with E-state index in [4.69, 9.17) is 17.0 Å². The number of benzene rings is 2. The van der Waals surface area contributed by atoms with Crippen molar-refractivity contribution in [3.63, 3.8) is 0 Å². The average Bonchev–Trinajstić information content (AvgIpc) is 2.50. The fourth-order valence-electron chi connectivity index (χ4n) is 1.89. The van der Waals surface area contributed by atoms with Crippen molar-refractivity contribution in [1.82, 2.24) is 0 Å². The summed E-state index contributed by atoms with van der Waals surface area (Å²) in [6.07, 6.45) is 1.73. The summed E-state index contributed by atoms with van der Waals surface area (Å²) in [4.78, 5) is 4.19. The van der Waals surface area contributed by atoms with Crippen LogP contribution in [0.5, 0.6) is 5.75 Å². The van der Waals surface area contributed by atoms with Gasteiger partial charge >= 0.3 is 37.9 Å². The van der Waals surface area contributed by atoms with Crippen molar-refractivity contribution in [3.05, 3.63) is 53.6 Å². The first kappa shape index (κ1) is 18.4. The van der Waals surface area contributed by atoms with Gasteiger partial charge in [-0.3, -0.25) is 4.99 Å². The second-order valence-corrected chi connectivity index (χ2v) is 8.03. The normalized spacial score (nSPS) is 10.1. The van der Waals surface area contributed by atoms with Crippen LogP contribution in [0, 0.1) is 6.92 Å². The third kappa shape index (κ3) is 5.94. The van der Waals surface area contributed by atoms with Gasteiger partial charge in [-0.2, -0.15) is 0 Å². The molecule has 0 radical (unpaired) electrons. The number of hydrogen-bond acceptors (Lipinski definition) is 2. The quantitative estimate of drug-likeness (QED) is 0.706. The van der Waals surface area contributed by atoms with Crippen LogP contribution in [0.25, 0.3) is 11.1 Å². The molecule has 0 unspecified atom stereocenters. The Bertz CT molecular complexity index is 588. The first-order valence-corrected chi connectivity index (χ1v) is 12.8. The van der Waals surface area contributed by atoms with Gasteiger partial charge in [-0.25, -0.2) is 0 Å². The molecule has 2 nitrogen and oxygen atoms in total. The van der Waals surface area contributed by atoms with Gasteiger partial charge in [0, 0.05) is 18.3 Å².